The molecule has 21 heavy (non-hydrogen) atoms. The highest BCUT2D eigenvalue weighted by Gasteiger charge is 2.07. The van der Waals surface area contributed by atoms with Gasteiger partial charge in [-0.3, -0.25) is 0 Å². The zero-order valence-corrected chi connectivity index (χ0v) is 12.6. The summed E-state index contributed by atoms with van der Waals surface area (Å²) in [5.74, 6) is 0.734. The fourth-order valence-corrected chi connectivity index (χ4v) is 2.39. The third-order valence-electron chi connectivity index (χ3n) is 3.49. The van der Waals surface area contributed by atoms with Crippen LogP contribution in [0, 0.1) is 6.92 Å². The summed E-state index contributed by atoms with van der Waals surface area (Å²) in [6.07, 6.45) is 2.86. The van der Waals surface area contributed by atoms with Crippen molar-refractivity contribution in [1.82, 2.24) is 9.97 Å². The molecule has 112 valence electrons. The highest BCUT2D eigenvalue weighted by Crippen LogP contribution is 2.17. The average molecular weight is 286 g/mol. The van der Waals surface area contributed by atoms with Gasteiger partial charge < -0.3 is 16.2 Å². The number of nitrogens with zero attached hydrogens (tertiary/aromatic N) is 2. The predicted octanol–water partition coefficient (Wildman–Crippen LogP) is 2.27. The Bertz CT molecular complexity index is 573. The predicted molar refractivity (Wildman–Crippen MR) is 84.8 cm³/mol. The van der Waals surface area contributed by atoms with Crippen LogP contribution < -0.4 is 11.5 Å². The van der Waals surface area contributed by atoms with Crippen molar-refractivity contribution in [3.63, 3.8) is 0 Å². The SMILES string of the molecule is COCc1ccc(CCCc2c(C)nc(N)nc2N)cc1. The summed E-state index contributed by atoms with van der Waals surface area (Å²) in [5.41, 5.74) is 15.9. The van der Waals surface area contributed by atoms with Gasteiger partial charge in [-0.15, -0.1) is 0 Å². The Morgan fingerprint density at radius 3 is 2.29 bits per heavy atom. The summed E-state index contributed by atoms with van der Waals surface area (Å²) in [7, 11) is 1.70. The van der Waals surface area contributed by atoms with E-state index in [1.807, 2.05) is 6.92 Å². The van der Waals surface area contributed by atoms with Crippen LogP contribution in [0.2, 0.25) is 0 Å². The number of hydrogen-bond donors (Lipinski definition) is 2. The molecular formula is C16H22N4O. The van der Waals surface area contributed by atoms with Gasteiger partial charge in [0.2, 0.25) is 5.95 Å². The van der Waals surface area contributed by atoms with Crippen molar-refractivity contribution in [3.05, 3.63) is 46.6 Å². The maximum absolute atomic E-state index is 5.91. The molecule has 1 aromatic carbocycles. The van der Waals surface area contributed by atoms with E-state index in [0.29, 0.717) is 12.4 Å². The van der Waals surface area contributed by atoms with Gasteiger partial charge in [0.25, 0.3) is 0 Å². The van der Waals surface area contributed by atoms with Crippen LogP contribution in [0.25, 0.3) is 0 Å². The Labute approximate surface area is 125 Å². The van der Waals surface area contributed by atoms with Crippen molar-refractivity contribution in [2.45, 2.75) is 32.8 Å². The number of rotatable bonds is 6. The molecule has 0 amide bonds. The molecule has 2 aromatic rings. The van der Waals surface area contributed by atoms with Crippen LogP contribution in [0.1, 0.15) is 28.8 Å². The van der Waals surface area contributed by atoms with Crippen molar-refractivity contribution in [2.75, 3.05) is 18.6 Å². The lowest BCUT2D eigenvalue weighted by Gasteiger charge is -2.09. The Hall–Kier alpha value is -2.14. The van der Waals surface area contributed by atoms with Gasteiger partial charge in [-0.05, 0) is 37.3 Å². The van der Waals surface area contributed by atoms with Gasteiger partial charge in [-0.2, -0.15) is 4.98 Å². The Morgan fingerprint density at radius 2 is 1.67 bits per heavy atom. The van der Waals surface area contributed by atoms with E-state index >= 15 is 0 Å². The third kappa shape index (κ3) is 4.16. The second kappa shape index (κ2) is 7.04. The number of nitrogens with two attached hydrogens (primary N) is 2. The number of anilines is 2. The largest absolute Gasteiger partial charge is 0.383 e. The first kappa shape index (κ1) is 15.3. The molecule has 0 unspecified atom stereocenters. The van der Waals surface area contributed by atoms with Gasteiger partial charge in [0, 0.05) is 18.4 Å². The number of hydrogen-bond acceptors (Lipinski definition) is 5. The molecule has 0 spiro atoms. The molecule has 0 fully saturated rings. The molecule has 5 heteroatoms. The summed E-state index contributed by atoms with van der Waals surface area (Å²) in [5, 5.41) is 0. The summed E-state index contributed by atoms with van der Waals surface area (Å²) in [6, 6.07) is 8.49. The maximum atomic E-state index is 5.91. The summed E-state index contributed by atoms with van der Waals surface area (Å²) >= 11 is 0. The lowest BCUT2D eigenvalue weighted by Crippen LogP contribution is -2.07. The van der Waals surface area contributed by atoms with E-state index in [4.69, 9.17) is 16.2 Å². The maximum Gasteiger partial charge on any atom is 0.222 e. The van der Waals surface area contributed by atoms with Crippen LogP contribution in [0.15, 0.2) is 24.3 Å². The van der Waals surface area contributed by atoms with Gasteiger partial charge in [0.1, 0.15) is 5.82 Å². The first-order chi connectivity index (χ1) is 10.1. The molecule has 0 aliphatic heterocycles. The molecule has 0 saturated carbocycles. The highest BCUT2D eigenvalue weighted by molar-refractivity contribution is 5.45. The van der Waals surface area contributed by atoms with Crippen molar-refractivity contribution < 1.29 is 4.74 Å². The molecule has 0 atom stereocenters. The minimum absolute atomic E-state index is 0.238. The van der Waals surface area contributed by atoms with Crippen molar-refractivity contribution in [2.24, 2.45) is 0 Å². The number of methoxy groups -OCH3 is 1. The summed E-state index contributed by atoms with van der Waals surface area (Å²) < 4.78 is 5.10. The van der Waals surface area contributed by atoms with Gasteiger partial charge >= 0.3 is 0 Å². The molecule has 1 heterocycles. The topological polar surface area (TPSA) is 87.0 Å². The Kier molecular flexibility index (Phi) is 5.11. The molecule has 0 aliphatic rings. The number of aromatic nitrogens is 2. The van der Waals surface area contributed by atoms with Crippen molar-refractivity contribution in [3.8, 4) is 0 Å². The molecule has 0 saturated heterocycles. The lowest BCUT2D eigenvalue weighted by atomic mass is 10.0. The fraction of sp³-hybridized carbons (Fsp3) is 0.375. The van der Waals surface area contributed by atoms with Crippen LogP contribution >= 0.6 is 0 Å². The first-order valence-corrected chi connectivity index (χ1v) is 7.05. The molecule has 0 aliphatic carbocycles. The number of aryl methyl sites for hydroxylation is 2. The normalized spacial score (nSPS) is 10.8. The monoisotopic (exact) mass is 286 g/mol. The van der Waals surface area contributed by atoms with Crippen molar-refractivity contribution >= 4 is 11.8 Å². The van der Waals surface area contributed by atoms with Crippen molar-refractivity contribution in [1.29, 1.82) is 0 Å². The van der Waals surface area contributed by atoms with E-state index < -0.39 is 0 Å². The molecule has 4 N–H and O–H groups in total. The smallest absolute Gasteiger partial charge is 0.222 e. The number of benzene rings is 1. The second-order valence-electron chi connectivity index (χ2n) is 5.13. The minimum Gasteiger partial charge on any atom is -0.383 e. The van der Waals surface area contributed by atoms with E-state index in [-0.39, 0.29) is 5.95 Å². The fourth-order valence-electron chi connectivity index (χ4n) is 2.39. The Balaban J connectivity index is 1.92. The quantitative estimate of drug-likeness (QED) is 0.850. The number of ether oxygens (including phenoxy) is 1. The van der Waals surface area contributed by atoms with Gasteiger partial charge in [0.15, 0.2) is 0 Å². The van der Waals surface area contributed by atoms with E-state index in [9.17, 15) is 0 Å². The van der Waals surface area contributed by atoms with Crippen LogP contribution in [-0.2, 0) is 24.2 Å². The van der Waals surface area contributed by atoms with Crippen LogP contribution in [0.5, 0.6) is 0 Å². The van der Waals surface area contributed by atoms with Gasteiger partial charge in [0.05, 0.1) is 6.61 Å². The lowest BCUT2D eigenvalue weighted by molar-refractivity contribution is 0.185. The zero-order valence-electron chi connectivity index (χ0n) is 12.6. The second-order valence-corrected chi connectivity index (χ2v) is 5.13. The van der Waals surface area contributed by atoms with E-state index in [2.05, 4.69) is 34.2 Å². The summed E-state index contributed by atoms with van der Waals surface area (Å²) in [6.45, 7) is 2.57. The van der Waals surface area contributed by atoms with Crippen LogP contribution in [-0.4, -0.2) is 17.1 Å². The molecular weight excluding hydrogens is 264 g/mol. The van der Waals surface area contributed by atoms with E-state index in [0.717, 1.165) is 30.5 Å². The van der Waals surface area contributed by atoms with E-state index in [1.165, 1.54) is 11.1 Å². The molecule has 1 aromatic heterocycles. The third-order valence-corrected chi connectivity index (χ3v) is 3.49. The first-order valence-electron chi connectivity index (χ1n) is 7.05. The zero-order chi connectivity index (χ0) is 15.2. The van der Waals surface area contributed by atoms with Crippen LogP contribution in [0.3, 0.4) is 0 Å². The molecule has 0 bridgehead atoms. The standard InChI is InChI=1S/C16H22N4O/c1-11-14(15(17)20-16(18)19-11)5-3-4-12-6-8-13(9-7-12)10-21-2/h6-9H,3-5,10H2,1-2H3,(H4,17,18,19,20). The molecule has 0 radical (unpaired) electrons. The molecule has 5 nitrogen and oxygen atoms in total. The van der Waals surface area contributed by atoms with Crippen LogP contribution in [0.4, 0.5) is 11.8 Å². The van der Waals surface area contributed by atoms with E-state index in [1.54, 1.807) is 7.11 Å². The average Bonchev–Trinajstić information content (AvgIpc) is 2.44. The highest BCUT2D eigenvalue weighted by atomic mass is 16.5. The Morgan fingerprint density at radius 1 is 1.00 bits per heavy atom. The van der Waals surface area contributed by atoms with Gasteiger partial charge in [-0.25, -0.2) is 4.98 Å². The minimum atomic E-state index is 0.238. The number of nitrogen functional groups attached to an aromatic ring is 2. The molecule has 2 rings (SSSR count). The summed E-state index contributed by atoms with van der Waals surface area (Å²) in [4.78, 5) is 8.19. The van der Waals surface area contributed by atoms with Gasteiger partial charge in [-0.1, -0.05) is 24.3 Å².